The number of hydrogen-bond acceptors (Lipinski definition) is 3. The van der Waals surface area contributed by atoms with Crippen molar-refractivity contribution in [3.63, 3.8) is 0 Å². The Balaban J connectivity index is 4.62. The maximum Gasteiger partial charge on any atom is 0.401 e. The molecule has 0 aliphatic rings. The fourth-order valence-electron chi connectivity index (χ4n) is 1.69. The molecule has 0 amide bonds. The fraction of sp³-hybridized carbons (Fsp3) is 1.00. The van der Waals surface area contributed by atoms with Gasteiger partial charge in [0.25, 0.3) is 0 Å². The molecule has 2 N–H and O–H groups in total. The van der Waals surface area contributed by atoms with Crippen LogP contribution in [0.5, 0.6) is 0 Å². The van der Waals surface area contributed by atoms with E-state index in [0.717, 1.165) is 0 Å². The van der Waals surface area contributed by atoms with Crippen molar-refractivity contribution in [1.82, 2.24) is 10.2 Å². The summed E-state index contributed by atoms with van der Waals surface area (Å²) in [6, 6.07) is -0.221. The highest BCUT2D eigenvalue weighted by Gasteiger charge is 2.35. The summed E-state index contributed by atoms with van der Waals surface area (Å²) in [5.74, 6) is 0. The maximum atomic E-state index is 12.4. The van der Waals surface area contributed by atoms with Crippen LogP contribution in [0.4, 0.5) is 13.2 Å². The van der Waals surface area contributed by atoms with Crippen LogP contribution in [0.25, 0.3) is 0 Å². The van der Waals surface area contributed by atoms with Crippen molar-refractivity contribution in [2.75, 3.05) is 26.2 Å². The maximum absolute atomic E-state index is 12.4. The number of nitrogens with zero attached hydrogens (tertiary/aromatic N) is 1. The van der Waals surface area contributed by atoms with Gasteiger partial charge in [0.2, 0.25) is 0 Å². The Morgan fingerprint density at radius 3 is 2.06 bits per heavy atom. The molecule has 0 fully saturated rings. The summed E-state index contributed by atoms with van der Waals surface area (Å²) in [5, 5.41) is 12.3. The Kier molecular flexibility index (Phi) is 6.43. The van der Waals surface area contributed by atoms with Crippen molar-refractivity contribution in [3.8, 4) is 0 Å². The quantitative estimate of drug-likeness (QED) is 0.726. The lowest BCUT2D eigenvalue weighted by Crippen LogP contribution is -2.56. The van der Waals surface area contributed by atoms with Gasteiger partial charge in [0.05, 0.1) is 18.7 Å². The summed E-state index contributed by atoms with van der Waals surface area (Å²) in [6.07, 6.45) is -4.22. The van der Waals surface area contributed by atoms with E-state index in [2.05, 4.69) is 5.32 Å². The largest absolute Gasteiger partial charge is 0.401 e. The monoisotopic (exact) mass is 256 g/mol. The first kappa shape index (κ1) is 16.7. The van der Waals surface area contributed by atoms with E-state index in [-0.39, 0.29) is 19.2 Å². The number of alkyl halides is 3. The first-order valence-electron chi connectivity index (χ1n) is 5.80. The summed E-state index contributed by atoms with van der Waals surface area (Å²) >= 11 is 0. The van der Waals surface area contributed by atoms with Gasteiger partial charge in [-0.3, -0.25) is 4.90 Å². The molecule has 3 nitrogen and oxygen atoms in total. The summed E-state index contributed by atoms with van der Waals surface area (Å²) in [6.45, 7) is 6.64. The van der Waals surface area contributed by atoms with Gasteiger partial charge in [0.15, 0.2) is 0 Å². The summed E-state index contributed by atoms with van der Waals surface area (Å²) in [5.41, 5.74) is -0.704. The summed E-state index contributed by atoms with van der Waals surface area (Å²) in [7, 11) is 0. The van der Waals surface area contributed by atoms with Crippen LogP contribution in [-0.4, -0.2) is 54.0 Å². The molecule has 0 aromatic heterocycles. The van der Waals surface area contributed by atoms with Gasteiger partial charge >= 0.3 is 6.18 Å². The van der Waals surface area contributed by atoms with Crippen molar-refractivity contribution in [3.05, 3.63) is 0 Å². The van der Waals surface area contributed by atoms with Gasteiger partial charge in [0.1, 0.15) is 0 Å². The van der Waals surface area contributed by atoms with E-state index < -0.39 is 18.3 Å². The second-order valence-electron chi connectivity index (χ2n) is 4.86. The highest BCUT2D eigenvalue weighted by atomic mass is 19.4. The Labute approximate surface area is 101 Å². The van der Waals surface area contributed by atoms with Crippen molar-refractivity contribution in [2.45, 2.75) is 45.5 Å². The molecule has 0 rings (SSSR count). The molecule has 1 unspecified atom stereocenters. The third-order valence-corrected chi connectivity index (χ3v) is 2.62. The minimum absolute atomic E-state index is 0.161. The predicted octanol–water partition coefficient (Wildman–Crippen LogP) is 1.62. The van der Waals surface area contributed by atoms with Crippen LogP contribution >= 0.6 is 0 Å². The molecule has 0 aromatic rings. The lowest BCUT2D eigenvalue weighted by atomic mass is 10.0. The lowest BCUT2D eigenvalue weighted by Gasteiger charge is -2.37. The van der Waals surface area contributed by atoms with Crippen molar-refractivity contribution in [2.24, 2.45) is 0 Å². The molecule has 0 radical (unpaired) electrons. The van der Waals surface area contributed by atoms with Gasteiger partial charge in [0, 0.05) is 12.6 Å². The lowest BCUT2D eigenvalue weighted by molar-refractivity contribution is -0.152. The average Bonchev–Trinajstić information content (AvgIpc) is 2.15. The van der Waals surface area contributed by atoms with Crippen LogP contribution < -0.4 is 5.32 Å². The van der Waals surface area contributed by atoms with E-state index in [9.17, 15) is 18.3 Å². The number of likely N-dealkylation sites (N-methyl/N-ethyl adjacent to an activating group) is 1. The number of aliphatic hydroxyl groups excluding tert-OH is 1. The Morgan fingerprint density at radius 1 is 1.24 bits per heavy atom. The van der Waals surface area contributed by atoms with E-state index in [1.807, 2.05) is 6.92 Å². The molecule has 6 heteroatoms. The van der Waals surface area contributed by atoms with E-state index in [1.165, 1.54) is 4.90 Å². The highest BCUT2D eigenvalue weighted by molar-refractivity contribution is 4.87. The standard InChI is InChI=1S/C11H23F3N2O/c1-5-15-10(4,8-17)6-16(9(2)3)7-11(12,13)14/h9,15,17H,5-8H2,1-4H3. The van der Waals surface area contributed by atoms with Crippen LogP contribution in [-0.2, 0) is 0 Å². The molecule has 0 spiro atoms. The molecule has 0 aliphatic heterocycles. The molecule has 0 saturated carbocycles. The molecule has 1 atom stereocenters. The van der Waals surface area contributed by atoms with Crippen LogP contribution in [0.15, 0.2) is 0 Å². The van der Waals surface area contributed by atoms with E-state index in [4.69, 9.17) is 0 Å². The van der Waals surface area contributed by atoms with Gasteiger partial charge < -0.3 is 10.4 Å². The highest BCUT2D eigenvalue weighted by Crippen LogP contribution is 2.19. The minimum atomic E-state index is -4.22. The van der Waals surface area contributed by atoms with Gasteiger partial charge in [-0.1, -0.05) is 6.92 Å². The van der Waals surface area contributed by atoms with Crippen LogP contribution in [0.3, 0.4) is 0 Å². The van der Waals surface area contributed by atoms with Crippen molar-refractivity contribution in [1.29, 1.82) is 0 Å². The van der Waals surface area contributed by atoms with Crippen LogP contribution in [0.2, 0.25) is 0 Å². The topological polar surface area (TPSA) is 35.5 Å². The van der Waals surface area contributed by atoms with Crippen molar-refractivity contribution >= 4 is 0 Å². The molecule has 0 aromatic carbocycles. The molecule has 17 heavy (non-hydrogen) atoms. The molecule has 0 heterocycles. The Bertz CT molecular complexity index is 221. The summed E-state index contributed by atoms with van der Waals surface area (Å²) in [4.78, 5) is 1.32. The third-order valence-electron chi connectivity index (χ3n) is 2.62. The Hall–Kier alpha value is -0.330. The first-order chi connectivity index (χ1) is 7.63. The number of hydrogen-bond donors (Lipinski definition) is 2. The van der Waals surface area contributed by atoms with Gasteiger partial charge in [-0.15, -0.1) is 0 Å². The normalized spacial score (nSPS) is 16.6. The number of aliphatic hydroxyl groups is 1. The second-order valence-corrected chi connectivity index (χ2v) is 4.86. The zero-order chi connectivity index (χ0) is 13.7. The predicted molar refractivity (Wildman–Crippen MR) is 61.9 cm³/mol. The Morgan fingerprint density at radius 2 is 1.76 bits per heavy atom. The van der Waals surface area contributed by atoms with Gasteiger partial charge in [-0.05, 0) is 27.3 Å². The first-order valence-corrected chi connectivity index (χ1v) is 5.80. The van der Waals surface area contributed by atoms with E-state index >= 15 is 0 Å². The summed E-state index contributed by atoms with van der Waals surface area (Å²) < 4.78 is 37.2. The fourth-order valence-corrected chi connectivity index (χ4v) is 1.69. The van der Waals surface area contributed by atoms with Gasteiger partial charge in [-0.25, -0.2) is 0 Å². The van der Waals surface area contributed by atoms with Crippen molar-refractivity contribution < 1.29 is 18.3 Å². The molecule has 104 valence electrons. The van der Waals surface area contributed by atoms with E-state index in [1.54, 1.807) is 20.8 Å². The molecule has 0 bridgehead atoms. The number of halogens is 3. The number of rotatable bonds is 7. The zero-order valence-corrected chi connectivity index (χ0v) is 10.9. The van der Waals surface area contributed by atoms with E-state index in [0.29, 0.717) is 6.54 Å². The second kappa shape index (κ2) is 6.56. The molecule has 0 saturated heterocycles. The van der Waals surface area contributed by atoms with Crippen LogP contribution in [0.1, 0.15) is 27.7 Å². The SMILES string of the molecule is CCNC(C)(CO)CN(CC(F)(F)F)C(C)C. The number of nitrogens with one attached hydrogen (secondary N) is 1. The van der Waals surface area contributed by atoms with Crippen LogP contribution in [0, 0.1) is 0 Å². The molecular weight excluding hydrogens is 233 g/mol. The zero-order valence-electron chi connectivity index (χ0n) is 10.9. The third kappa shape index (κ3) is 6.85. The van der Waals surface area contributed by atoms with Gasteiger partial charge in [-0.2, -0.15) is 13.2 Å². The average molecular weight is 256 g/mol. The molecular formula is C11H23F3N2O. The minimum Gasteiger partial charge on any atom is -0.394 e. The smallest absolute Gasteiger partial charge is 0.394 e. The molecule has 0 aliphatic carbocycles.